The Morgan fingerprint density at radius 2 is 1.57 bits per heavy atom. The Hall–Kier alpha value is -3.36. The molecule has 3 aromatic rings. The van der Waals surface area contributed by atoms with E-state index in [0.29, 0.717) is 21.7 Å². The van der Waals surface area contributed by atoms with Crippen molar-refractivity contribution in [3.63, 3.8) is 0 Å². The van der Waals surface area contributed by atoms with Crippen LogP contribution in [-0.2, 0) is 10.1 Å². The van der Waals surface area contributed by atoms with Gasteiger partial charge in [0.25, 0.3) is 11.5 Å². The minimum Gasteiger partial charge on any atom is -0.744 e. The van der Waals surface area contributed by atoms with Gasteiger partial charge in [-0.15, -0.1) is 0 Å². The molecule has 0 bridgehead atoms. The molecule has 8 heteroatoms. The van der Waals surface area contributed by atoms with Gasteiger partial charge in [-0.25, -0.2) is 13.4 Å². The Bertz CT molecular complexity index is 1150. The number of Topliss-reactive ketones (excluding diaryl/α,β-unsaturated/α-hetero) is 1. The largest absolute Gasteiger partial charge is 0.744 e. The van der Waals surface area contributed by atoms with Gasteiger partial charge in [-0.2, -0.15) is 4.74 Å². The van der Waals surface area contributed by atoms with Crippen LogP contribution in [0.3, 0.4) is 0 Å². The molecule has 0 atom stereocenters. The number of aromatic nitrogens is 1. The van der Waals surface area contributed by atoms with Gasteiger partial charge < -0.3 is 9.76 Å². The molecular formula is C20H15N2O5S-. The van der Waals surface area contributed by atoms with E-state index in [1.165, 1.54) is 12.1 Å². The number of carbonyl (C=O) groups excluding carboxylic acids is 1. The molecule has 28 heavy (non-hydrogen) atoms. The molecule has 0 radical (unpaired) electrons. The number of pyridine rings is 1. The second kappa shape index (κ2) is 7.71. The molecule has 7 nitrogen and oxygen atoms in total. The summed E-state index contributed by atoms with van der Waals surface area (Å²) < 4.78 is 31.8. The van der Waals surface area contributed by atoms with Crippen LogP contribution in [0.15, 0.2) is 77.8 Å². The molecule has 0 fully saturated rings. The van der Waals surface area contributed by atoms with Gasteiger partial charge in [-0.05, 0) is 37.3 Å². The lowest BCUT2D eigenvalue weighted by atomic mass is 10.1. The summed E-state index contributed by atoms with van der Waals surface area (Å²) in [5.74, 6) is -0.269. The van der Waals surface area contributed by atoms with Crippen molar-refractivity contribution in [3.8, 4) is 0 Å². The molecule has 0 amide bonds. The average molecular weight is 395 g/mol. The van der Waals surface area contributed by atoms with Crippen LogP contribution in [0.2, 0.25) is 0 Å². The van der Waals surface area contributed by atoms with E-state index in [9.17, 15) is 23.0 Å². The number of benzene rings is 2. The second-order valence-corrected chi connectivity index (χ2v) is 7.35. The van der Waals surface area contributed by atoms with Crippen LogP contribution in [0, 0.1) is 12.1 Å². The van der Waals surface area contributed by atoms with Crippen molar-refractivity contribution < 1.29 is 22.5 Å². The molecule has 0 spiro atoms. The highest BCUT2D eigenvalue weighted by Gasteiger charge is 2.36. The Balaban J connectivity index is 0.000000178. The third-order valence-corrected chi connectivity index (χ3v) is 4.85. The van der Waals surface area contributed by atoms with Crippen molar-refractivity contribution in [2.75, 3.05) is 0 Å². The number of hydrogen-bond donors (Lipinski definition) is 0. The third kappa shape index (κ3) is 3.98. The summed E-state index contributed by atoms with van der Waals surface area (Å²) in [6.45, 7) is 1.82. The van der Waals surface area contributed by atoms with E-state index in [-0.39, 0.29) is 16.4 Å². The molecule has 1 aliphatic heterocycles. The van der Waals surface area contributed by atoms with Crippen molar-refractivity contribution in [1.82, 2.24) is 4.98 Å². The van der Waals surface area contributed by atoms with Crippen molar-refractivity contribution in [1.29, 1.82) is 0 Å². The second-order valence-electron chi connectivity index (χ2n) is 5.97. The summed E-state index contributed by atoms with van der Waals surface area (Å²) in [5.41, 5.74) is 2.24. The lowest BCUT2D eigenvalue weighted by Gasteiger charge is -2.05. The fraction of sp³-hybridized carbons (Fsp3) is 0.0500. The highest BCUT2D eigenvalue weighted by molar-refractivity contribution is 7.85. The minimum absolute atomic E-state index is 0.0896. The van der Waals surface area contributed by atoms with E-state index in [0.717, 1.165) is 5.56 Å². The highest BCUT2D eigenvalue weighted by Crippen LogP contribution is 2.26. The van der Waals surface area contributed by atoms with Crippen LogP contribution < -0.4 is 0 Å². The topological polar surface area (TPSA) is 113 Å². The monoisotopic (exact) mass is 395 g/mol. The Morgan fingerprint density at radius 3 is 2.14 bits per heavy atom. The Morgan fingerprint density at radius 1 is 0.929 bits per heavy atom. The number of aryl methyl sites for hydroxylation is 1. The number of ketones is 1. The maximum Gasteiger partial charge on any atom is 0.291 e. The molecule has 1 aliphatic rings. The minimum atomic E-state index is -4.27. The first-order valence-electron chi connectivity index (χ1n) is 8.21. The maximum atomic E-state index is 12.1. The molecule has 0 aliphatic carbocycles. The van der Waals surface area contributed by atoms with Gasteiger partial charge in [-0.1, -0.05) is 35.9 Å². The van der Waals surface area contributed by atoms with E-state index in [1.807, 2.05) is 6.92 Å². The number of para-hydroxylation sites is 1. The summed E-state index contributed by atoms with van der Waals surface area (Å²) in [5, 5.41) is 12.0. The summed E-state index contributed by atoms with van der Waals surface area (Å²) >= 11 is 0. The Kier molecular flexibility index (Phi) is 5.34. The smallest absolute Gasteiger partial charge is 0.291 e. The third-order valence-electron chi connectivity index (χ3n) is 4.00. The van der Waals surface area contributed by atoms with E-state index in [4.69, 9.17) is 0 Å². The van der Waals surface area contributed by atoms with E-state index >= 15 is 0 Å². The molecule has 142 valence electrons. The van der Waals surface area contributed by atoms with Crippen molar-refractivity contribution in [3.05, 3.63) is 95.0 Å². The van der Waals surface area contributed by atoms with Gasteiger partial charge in [0, 0.05) is 12.3 Å². The van der Waals surface area contributed by atoms with Gasteiger partial charge in [-0.3, -0.25) is 4.79 Å². The first-order valence-corrected chi connectivity index (χ1v) is 9.62. The highest BCUT2D eigenvalue weighted by atomic mass is 32.2. The normalized spacial score (nSPS) is 13.0. The molecule has 0 saturated carbocycles. The summed E-state index contributed by atoms with van der Waals surface area (Å²) in [4.78, 5) is 16.0. The maximum absolute atomic E-state index is 12.1. The van der Waals surface area contributed by atoms with Crippen LogP contribution >= 0.6 is 0 Å². The first-order chi connectivity index (χ1) is 13.3. The Labute approximate surface area is 162 Å². The number of rotatable bonds is 2. The predicted molar refractivity (Wildman–Crippen MR) is 102 cm³/mol. The number of hydrogen-bond acceptors (Lipinski definition) is 6. The zero-order valence-electron chi connectivity index (χ0n) is 14.8. The lowest BCUT2D eigenvalue weighted by molar-refractivity contribution is -0.355. The van der Waals surface area contributed by atoms with Crippen molar-refractivity contribution >= 4 is 27.3 Å². The number of fused-ring (bicyclic) bond motifs is 1. The zero-order chi connectivity index (χ0) is 20.3. The summed E-state index contributed by atoms with van der Waals surface area (Å²) in [6, 6.07) is 17.7. The predicted octanol–water partition coefficient (Wildman–Crippen LogP) is 2.81. The number of carbonyl (C=O) groups is 1. The fourth-order valence-corrected chi connectivity index (χ4v) is 3.08. The van der Waals surface area contributed by atoms with E-state index in [2.05, 4.69) is 4.98 Å². The summed E-state index contributed by atoms with van der Waals surface area (Å²) in [6.07, 6.45) is 1.56. The fourth-order valence-electron chi connectivity index (χ4n) is 2.61. The van der Waals surface area contributed by atoms with Crippen LogP contribution in [0.1, 0.15) is 21.6 Å². The SMILES string of the molecule is Cc1ccc(S(=O)(=O)[O-])cc1.O=C1C(c2ccccn2)=[N+]([O-])c2ccccc21. The van der Waals surface area contributed by atoms with E-state index in [1.54, 1.807) is 60.8 Å². The van der Waals surface area contributed by atoms with Gasteiger partial charge in [0.1, 0.15) is 21.4 Å². The molecule has 0 N–H and O–H groups in total. The van der Waals surface area contributed by atoms with Crippen molar-refractivity contribution in [2.24, 2.45) is 0 Å². The molecule has 0 unspecified atom stereocenters. The van der Waals surface area contributed by atoms with Gasteiger partial charge >= 0.3 is 0 Å². The lowest BCUT2D eigenvalue weighted by Crippen LogP contribution is -2.17. The molecular weight excluding hydrogens is 380 g/mol. The van der Waals surface area contributed by atoms with E-state index < -0.39 is 10.1 Å². The van der Waals surface area contributed by atoms with Crippen LogP contribution in [0.5, 0.6) is 0 Å². The van der Waals surface area contributed by atoms with Crippen LogP contribution in [0.4, 0.5) is 5.69 Å². The first kappa shape index (κ1) is 19.4. The van der Waals surface area contributed by atoms with Crippen LogP contribution in [-0.4, -0.2) is 34.2 Å². The molecule has 0 saturated heterocycles. The standard InChI is InChI=1S/C13H8N2O2.C7H8O3S/c16-13-9-5-1-2-7-11(9)15(17)12(13)10-6-3-4-8-14-10;1-6-2-4-7(5-3-6)11(8,9)10/h1-8H;2-5H,1H3,(H,8,9,10)/p-1. The van der Waals surface area contributed by atoms with Gasteiger partial charge in [0.15, 0.2) is 0 Å². The van der Waals surface area contributed by atoms with Crippen LogP contribution in [0.25, 0.3) is 0 Å². The van der Waals surface area contributed by atoms with Gasteiger partial charge in [0.2, 0.25) is 5.69 Å². The number of nitrogens with zero attached hydrogens (tertiary/aromatic N) is 2. The van der Waals surface area contributed by atoms with Crippen molar-refractivity contribution in [2.45, 2.75) is 11.8 Å². The summed E-state index contributed by atoms with van der Waals surface area (Å²) in [7, 11) is -4.27. The quantitative estimate of drug-likeness (QED) is 0.374. The molecule has 4 rings (SSSR count). The average Bonchev–Trinajstić information content (AvgIpc) is 2.94. The zero-order valence-corrected chi connectivity index (χ0v) is 15.6. The van der Waals surface area contributed by atoms with Gasteiger partial charge in [0.05, 0.1) is 4.90 Å². The molecule has 1 aromatic heterocycles. The molecule has 2 heterocycles. The molecule has 2 aromatic carbocycles.